The lowest BCUT2D eigenvalue weighted by molar-refractivity contribution is 0.209. The van der Waals surface area contributed by atoms with Crippen molar-refractivity contribution in [1.29, 1.82) is 0 Å². The second-order valence-corrected chi connectivity index (χ2v) is 7.07. The lowest BCUT2D eigenvalue weighted by Crippen LogP contribution is -2.14. The van der Waals surface area contributed by atoms with Crippen LogP contribution in [-0.2, 0) is 0 Å². The van der Waals surface area contributed by atoms with Crippen molar-refractivity contribution < 1.29 is 4.74 Å². The standard InChI is InChI=1S/C18H22ClNOS/c1-3-11(2)16-17(21-13-6-4-5-7-13)14-10-12(19)8-9-15(14)20-18(16)22/h8-11,13H,3-7H2,1-2H3,(H,20,22). The first-order chi connectivity index (χ1) is 10.6. The number of nitrogens with one attached hydrogen (secondary N) is 1. The predicted octanol–water partition coefficient (Wildman–Crippen LogP) is 6.39. The summed E-state index contributed by atoms with van der Waals surface area (Å²) in [7, 11) is 0. The first kappa shape index (κ1) is 15.8. The van der Waals surface area contributed by atoms with Gasteiger partial charge in [-0.15, -0.1) is 0 Å². The molecule has 1 fully saturated rings. The molecule has 2 nitrogen and oxygen atoms in total. The zero-order valence-corrected chi connectivity index (χ0v) is 14.7. The van der Waals surface area contributed by atoms with Gasteiger partial charge in [-0.1, -0.05) is 37.7 Å². The van der Waals surface area contributed by atoms with Gasteiger partial charge in [0.15, 0.2) is 0 Å². The van der Waals surface area contributed by atoms with Gasteiger partial charge in [0, 0.05) is 16.0 Å². The summed E-state index contributed by atoms with van der Waals surface area (Å²) in [6.45, 7) is 4.39. The van der Waals surface area contributed by atoms with E-state index in [0.29, 0.717) is 12.0 Å². The van der Waals surface area contributed by atoms with Crippen LogP contribution in [0.2, 0.25) is 5.02 Å². The quantitative estimate of drug-likeness (QED) is 0.655. The van der Waals surface area contributed by atoms with E-state index in [1.807, 2.05) is 18.2 Å². The molecule has 0 saturated heterocycles. The highest BCUT2D eigenvalue weighted by molar-refractivity contribution is 7.71. The number of hydrogen-bond acceptors (Lipinski definition) is 2. The molecule has 1 unspecified atom stereocenters. The molecule has 1 heterocycles. The molecular weight excluding hydrogens is 314 g/mol. The van der Waals surface area contributed by atoms with Crippen molar-refractivity contribution in [2.45, 2.75) is 58.0 Å². The molecule has 1 saturated carbocycles. The van der Waals surface area contributed by atoms with Crippen LogP contribution < -0.4 is 4.74 Å². The topological polar surface area (TPSA) is 25.0 Å². The summed E-state index contributed by atoms with van der Waals surface area (Å²) in [5.74, 6) is 1.31. The van der Waals surface area contributed by atoms with Crippen molar-refractivity contribution in [2.24, 2.45) is 0 Å². The highest BCUT2D eigenvalue weighted by Crippen LogP contribution is 2.38. The Bertz CT molecular complexity index is 734. The van der Waals surface area contributed by atoms with Gasteiger partial charge in [-0.05, 0) is 56.2 Å². The van der Waals surface area contributed by atoms with Crippen LogP contribution in [-0.4, -0.2) is 11.1 Å². The molecule has 2 aromatic rings. The second-order valence-electron chi connectivity index (χ2n) is 6.22. The molecule has 118 valence electrons. The van der Waals surface area contributed by atoms with Crippen LogP contribution in [0.4, 0.5) is 0 Å². The largest absolute Gasteiger partial charge is 0.489 e. The number of H-pyrrole nitrogens is 1. The molecule has 3 rings (SSSR count). The van der Waals surface area contributed by atoms with Crippen LogP contribution in [0.1, 0.15) is 57.4 Å². The molecule has 1 aromatic carbocycles. The minimum absolute atomic E-state index is 0.307. The molecule has 0 radical (unpaired) electrons. The summed E-state index contributed by atoms with van der Waals surface area (Å²) in [5, 5.41) is 1.77. The Labute approximate surface area is 141 Å². The molecule has 1 aliphatic rings. The van der Waals surface area contributed by atoms with Crippen molar-refractivity contribution >= 4 is 34.7 Å². The molecule has 0 spiro atoms. The van der Waals surface area contributed by atoms with Crippen LogP contribution in [0.15, 0.2) is 18.2 Å². The Hall–Kier alpha value is -1.06. The van der Waals surface area contributed by atoms with Gasteiger partial charge in [0.25, 0.3) is 0 Å². The lowest BCUT2D eigenvalue weighted by Gasteiger charge is -2.21. The summed E-state index contributed by atoms with van der Waals surface area (Å²) >= 11 is 11.8. The maximum Gasteiger partial charge on any atom is 0.135 e. The van der Waals surface area contributed by atoms with E-state index in [9.17, 15) is 0 Å². The van der Waals surface area contributed by atoms with Crippen LogP contribution in [0, 0.1) is 4.64 Å². The number of hydrogen-bond donors (Lipinski definition) is 1. The molecule has 0 bridgehead atoms. The number of aromatic amines is 1. The minimum Gasteiger partial charge on any atom is -0.489 e. The van der Waals surface area contributed by atoms with E-state index in [-0.39, 0.29) is 0 Å². The van der Waals surface area contributed by atoms with E-state index >= 15 is 0 Å². The summed E-state index contributed by atoms with van der Waals surface area (Å²) in [4.78, 5) is 3.34. The fourth-order valence-corrected chi connectivity index (χ4v) is 3.78. The summed E-state index contributed by atoms with van der Waals surface area (Å²) in [6.07, 6.45) is 6.11. The van der Waals surface area contributed by atoms with Crippen molar-refractivity contribution in [3.8, 4) is 5.75 Å². The number of rotatable bonds is 4. The maximum atomic E-state index is 6.43. The highest BCUT2D eigenvalue weighted by Gasteiger charge is 2.22. The van der Waals surface area contributed by atoms with Crippen molar-refractivity contribution in [2.75, 3.05) is 0 Å². The van der Waals surface area contributed by atoms with Crippen molar-refractivity contribution in [3.63, 3.8) is 0 Å². The SMILES string of the molecule is CCC(C)c1c(OC2CCCC2)c2cc(Cl)ccc2[nH]c1=S. The average molecular weight is 336 g/mol. The van der Waals surface area contributed by atoms with E-state index < -0.39 is 0 Å². The number of halogens is 1. The zero-order valence-electron chi connectivity index (χ0n) is 13.1. The third-order valence-corrected chi connectivity index (χ3v) is 5.21. The second kappa shape index (κ2) is 6.59. The fourth-order valence-electron chi connectivity index (χ4n) is 3.20. The monoisotopic (exact) mass is 335 g/mol. The average Bonchev–Trinajstić information content (AvgIpc) is 3.00. The Kier molecular flexibility index (Phi) is 4.74. The molecule has 0 aliphatic heterocycles. The smallest absolute Gasteiger partial charge is 0.135 e. The van der Waals surface area contributed by atoms with E-state index in [4.69, 9.17) is 28.6 Å². The van der Waals surface area contributed by atoms with Gasteiger partial charge >= 0.3 is 0 Å². The van der Waals surface area contributed by atoms with Crippen LogP contribution in [0.5, 0.6) is 5.75 Å². The Morgan fingerprint density at radius 2 is 2.09 bits per heavy atom. The first-order valence-electron chi connectivity index (χ1n) is 8.12. The summed E-state index contributed by atoms with van der Waals surface area (Å²) in [5.41, 5.74) is 2.12. The normalized spacial score (nSPS) is 17.0. The predicted molar refractivity (Wildman–Crippen MR) is 95.7 cm³/mol. The molecule has 0 amide bonds. The van der Waals surface area contributed by atoms with Gasteiger partial charge < -0.3 is 9.72 Å². The van der Waals surface area contributed by atoms with Gasteiger partial charge in [0.2, 0.25) is 0 Å². The number of benzene rings is 1. The molecule has 1 aromatic heterocycles. The van der Waals surface area contributed by atoms with Crippen LogP contribution in [0.25, 0.3) is 10.9 Å². The van der Waals surface area contributed by atoms with Crippen molar-refractivity contribution in [3.05, 3.63) is 33.4 Å². The highest BCUT2D eigenvalue weighted by atomic mass is 35.5. The van der Waals surface area contributed by atoms with Gasteiger partial charge in [-0.3, -0.25) is 0 Å². The van der Waals surface area contributed by atoms with E-state index in [0.717, 1.165) is 51.1 Å². The molecule has 1 aliphatic carbocycles. The molecule has 1 N–H and O–H groups in total. The minimum atomic E-state index is 0.307. The van der Waals surface area contributed by atoms with Crippen molar-refractivity contribution in [1.82, 2.24) is 4.98 Å². The van der Waals surface area contributed by atoms with Gasteiger partial charge in [-0.2, -0.15) is 0 Å². The molecule has 1 atom stereocenters. The van der Waals surface area contributed by atoms with Crippen LogP contribution >= 0.6 is 23.8 Å². The molecular formula is C18H22ClNOS. The van der Waals surface area contributed by atoms with Crippen LogP contribution in [0.3, 0.4) is 0 Å². The van der Waals surface area contributed by atoms with E-state index in [2.05, 4.69) is 18.8 Å². The van der Waals surface area contributed by atoms with Gasteiger partial charge in [0.05, 0.1) is 11.6 Å². The van der Waals surface area contributed by atoms with Gasteiger partial charge in [-0.25, -0.2) is 0 Å². The third kappa shape index (κ3) is 3.02. The zero-order chi connectivity index (χ0) is 15.7. The number of pyridine rings is 1. The van der Waals surface area contributed by atoms with Gasteiger partial charge in [0.1, 0.15) is 10.4 Å². The number of aromatic nitrogens is 1. The Morgan fingerprint density at radius 1 is 1.36 bits per heavy atom. The summed E-state index contributed by atoms with van der Waals surface area (Å²) in [6, 6.07) is 5.85. The lowest BCUT2D eigenvalue weighted by atomic mass is 9.97. The fraction of sp³-hybridized carbons (Fsp3) is 0.500. The molecule has 4 heteroatoms. The van der Waals surface area contributed by atoms with E-state index in [1.165, 1.54) is 12.8 Å². The summed E-state index contributed by atoms with van der Waals surface area (Å²) < 4.78 is 7.22. The Balaban J connectivity index is 2.21. The maximum absolute atomic E-state index is 6.43. The van der Waals surface area contributed by atoms with E-state index in [1.54, 1.807) is 0 Å². The number of fused-ring (bicyclic) bond motifs is 1. The third-order valence-electron chi connectivity index (χ3n) is 4.66. The molecule has 22 heavy (non-hydrogen) atoms. The Morgan fingerprint density at radius 3 is 2.77 bits per heavy atom. The first-order valence-corrected chi connectivity index (χ1v) is 8.91. The number of ether oxygens (including phenoxy) is 1.